The standard InChI is InChI=1S/C24H21Br2ClN2O5/c1-34-14-6-4-5-13(9-14)21(30)12-28(22(31)15-7-2-3-8-20(15)27)29-23(32)16-10-18(25)19(26)11-17(16)24(29)33/h2-9,16-19H,10-12H2,1H3/t16-,17-,18-,19+/m1/s1. The summed E-state index contributed by atoms with van der Waals surface area (Å²) >= 11 is 13.4. The molecule has 1 saturated heterocycles. The molecule has 1 aliphatic heterocycles. The molecule has 3 amide bonds. The van der Waals surface area contributed by atoms with Gasteiger partial charge in [0.25, 0.3) is 17.7 Å². The highest BCUT2D eigenvalue weighted by atomic mass is 79.9. The third kappa shape index (κ3) is 4.65. The van der Waals surface area contributed by atoms with Crippen molar-refractivity contribution >= 4 is 67.0 Å². The van der Waals surface area contributed by atoms with E-state index in [0.29, 0.717) is 18.6 Å². The Morgan fingerprint density at radius 1 is 1.03 bits per heavy atom. The van der Waals surface area contributed by atoms with Gasteiger partial charge in [-0.3, -0.25) is 19.2 Å². The highest BCUT2D eigenvalue weighted by Crippen LogP contribution is 2.43. The lowest BCUT2D eigenvalue weighted by molar-refractivity contribution is -0.154. The molecule has 0 bridgehead atoms. The highest BCUT2D eigenvalue weighted by molar-refractivity contribution is 9.12. The molecular weight excluding hydrogens is 592 g/mol. The van der Waals surface area contributed by atoms with Gasteiger partial charge in [-0.1, -0.05) is 67.7 Å². The first-order valence-electron chi connectivity index (χ1n) is 10.6. The van der Waals surface area contributed by atoms with Gasteiger partial charge in [0.15, 0.2) is 5.78 Å². The molecule has 10 heteroatoms. The Labute approximate surface area is 218 Å². The summed E-state index contributed by atoms with van der Waals surface area (Å²) in [5, 5.41) is 1.94. The molecule has 2 aliphatic rings. The first kappa shape index (κ1) is 24.9. The average Bonchev–Trinajstić information content (AvgIpc) is 3.06. The second-order valence-corrected chi connectivity index (χ2v) is 11.0. The lowest BCUT2D eigenvalue weighted by atomic mass is 9.81. The van der Waals surface area contributed by atoms with Crippen LogP contribution in [0.2, 0.25) is 5.02 Å². The Hall–Kier alpha value is -2.23. The predicted molar refractivity (Wildman–Crippen MR) is 133 cm³/mol. The van der Waals surface area contributed by atoms with Gasteiger partial charge in [-0.25, -0.2) is 5.01 Å². The number of hydrogen-bond acceptors (Lipinski definition) is 5. The quantitative estimate of drug-likeness (QED) is 0.273. The summed E-state index contributed by atoms with van der Waals surface area (Å²) in [6.45, 7) is -0.510. The molecule has 1 aliphatic carbocycles. The van der Waals surface area contributed by atoms with Gasteiger partial charge in [-0.05, 0) is 37.1 Å². The van der Waals surface area contributed by atoms with Crippen LogP contribution in [0.3, 0.4) is 0 Å². The number of hydrogen-bond donors (Lipinski definition) is 0. The third-order valence-corrected chi connectivity index (χ3v) is 9.22. The number of halogens is 3. The van der Waals surface area contributed by atoms with Crippen molar-refractivity contribution < 1.29 is 23.9 Å². The van der Waals surface area contributed by atoms with E-state index in [-0.39, 0.29) is 25.8 Å². The highest BCUT2D eigenvalue weighted by Gasteiger charge is 2.54. The van der Waals surface area contributed by atoms with Gasteiger partial charge in [0.2, 0.25) is 0 Å². The summed E-state index contributed by atoms with van der Waals surface area (Å²) < 4.78 is 5.18. The molecule has 0 aromatic heterocycles. The van der Waals surface area contributed by atoms with E-state index in [1.807, 2.05) is 0 Å². The molecule has 2 aromatic rings. The zero-order valence-electron chi connectivity index (χ0n) is 18.1. The van der Waals surface area contributed by atoms with Crippen LogP contribution < -0.4 is 4.74 Å². The topological polar surface area (TPSA) is 84.0 Å². The fraction of sp³-hybridized carbons (Fsp3) is 0.333. The number of fused-ring (bicyclic) bond motifs is 1. The van der Waals surface area contributed by atoms with E-state index in [4.69, 9.17) is 16.3 Å². The number of nitrogens with zero attached hydrogens (tertiary/aromatic N) is 2. The second-order valence-electron chi connectivity index (χ2n) is 8.20. The van der Waals surface area contributed by atoms with E-state index < -0.39 is 41.9 Å². The van der Waals surface area contributed by atoms with E-state index in [0.717, 1.165) is 10.0 Å². The Bertz CT molecular complexity index is 1130. The van der Waals surface area contributed by atoms with E-state index in [9.17, 15) is 19.2 Å². The molecule has 1 heterocycles. The fourth-order valence-electron chi connectivity index (χ4n) is 4.35. The Morgan fingerprint density at radius 2 is 1.65 bits per heavy atom. The van der Waals surface area contributed by atoms with E-state index >= 15 is 0 Å². The summed E-state index contributed by atoms with van der Waals surface area (Å²) in [6.07, 6.45) is 0.888. The normalized spacial score (nSPS) is 24.1. The molecule has 4 rings (SSSR count). The molecule has 2 aromatic carbocycles. The zero-order valence-corrected chi connectivity index (χ0v) is 22.0. The first-order chi connectivity index (χ1) is 16.2. The van der Waals surface area contributed by atoms with Crippen molar-refractivity contribution in [1.29, 1.82) is 0 Å². The number of carbonyl (C=O) groups excluding carboxylic acids is 4. The molecule has 0 unspecified atom stereocenters. The number of ether oxygens (including phenoxy) is 1. The number of carbonyl (C=O) groups is 4. The molecular formula is C24H21Br2ClN2O5. The number of Topliss-reactive ketones (excluding diaryl/α,β-unsaturated/α-hetero) is 1. The Balaban J connectivity index is 1.71. The van der Waals surface area contributed by atoms with Crippen molar-refractivity contribution in [3.63, 3.8) is 0 Å². The molecule has 0 spiro atoms. The Morgan fingerprint density at radius 3 is 2.24 bits per heavy atom. The van der Waals surface area contributed by atoms with E-state index in [1.165, 1.54) is 19.2 Å². The number of rotatable bonds is 6. The maximum atomic E-state index is 13.6. The number of amides is 3. The maximum Gasteiger partial charge on any atom is 0.274 e. The molecule has 2 fully saturated rings. The molecule has 1 saturated carbocycles. The average molecular weight is 613 g/mol. The summed E-state index contributed by atoms with van der Waals surface area (Å²) in [4.78, 5) is 53.6. The van der Waals surface area contributed by atoms with Crippen molar-refractivity contribution in [2.75, 3.05) is 13.7 Å². The summed E-state index contributed by atoms with van der Waals surface area (Å²) in [5.74, 6) is -2.80. The number of hydrazine groups is 1. The minimum absolute atomic E-state index is 0.0107. The van der Waals surface area contributed by atoms with Gasteiger partial charge < -0.3 is 4.74 Å². The lowest BCUT2D eigenvalue weighted by Gasteiger charge is -2.30. The minimum atomic E-state index is -0.701. The van der Waals surface area contributed by atoms with Crippen LogP contribution in [0, 0.1) is 11.8 Å². The zero-order chi connectivity index (χ0) is 24.6. The maximum absolute atomic E-state index is 13.6. The molecule has 4 atom stereocenters. The largest absolute Gasteiger partial charge is 0.497 e. The second kappa shape index (κ2) is 10.2. The Kier molecular flexibility index (Phi) is 7.45. The third-order valence-electron chi connectivity index (χ3n) is 6.15. The van der Waals surface area contributed by atoms with E-state index in [1.54, 1.807) is 36.4 Å². The van der Waals surface area contributed by atoms with Gasteiger partial charge in [0, 0.05) is 15.2 Å². The molecule has 178 valence electrons. The van der Waals surface area contributed by atoms with Crippen LogP contribution in [-0.4, -0.2) is 56.8 Å². The van der Waals surface area contributed by atoms with Crippen molar-refractivity contribution in [1.82, 2.24) is 10.0 Å². The lowest BCUT2D eigenvalue weighted by Crippen LogP contribution is -2.52. The van der Waals surface area contributed by atoms with Gasteiger partial charge in [0.05, 0.1) is 29.5 Å². The minimum Gasteiger partial charge on any atom is -0.497 e. The SMILES string of the molecule is COc1cccc(C(=O)CN(C(=O)c2ccccc2Cl)N2C(=O)[C@@H]3C[C@@H](Br)[C@@H](Br)C[C@H]3C2=O)c1. The van der Waals surface area contributed by atoms with Crippen LogP contribution in [0.1, 0.15) is 33.6 Å². The van der Waals surface area contributed by atoms with Crippen LogP contribution in [-0.2, 0) is 9.59 Å². The van der Waals surface area contributed by atoms with Crippen LogP contribution in [0.15, 0.2) is 48.5 Å². The van der Waals surface area contributed by atoms with Gasteiger partial charge in [-0.2, -0.15) is 5.01 Å². The van der Waals surface area contributed by atoms with Crippen molar-refractivity contribution in [2.24, 2.45) is 11.8 Å². The van der Waals surface area contributed by atoms with Gasteiger partial charge >= 0.3 is 0 Å². The van der Waals surface area contributed by atoms with Crippen molar-refractivity contribution in [3.8, 4) is 5.75 Å². The van der Waals surface area contributed by atoms with Crippen molar-refractivity contribution in [3.05, 3.63) is 64.7 Å². The summed E-state index contributed by atoms with van der Waals surface area (Å²) in [6, 6.07) is 12.8. The van der Waals surface area contributed by atoms with Gasteiger partial charge in [-0.15, -0.1) is 0 Å². The monoisotopic (exact) mass is 610 g/mol. The number of ketones is 1. The smallest absolute Gasteiger partial charge is 0.274 e. The molecule has 7 nitrogen and oxygen atoms in total. The number of alkyl halides is 2. The van der Waals surface area contributed by atoms with Crippen LogP contribution in [0.4, 0.5) is 0 Å². The van der Waals surface area contributed by atoms with Gasteiger partial charge in [0.1, 0.15) is 12.3 Å². The van der Waals surface area contributed by atoms with Crippen LogP contribution >= 0.6 is 43.5 Å². The van der Waals surface area contributed by atoms with E-state index in [2.05, 4.69) is 31.9 Å². The fourth-order valence-corrected chi connectivity index (χ4v) is 5.80. The molecule has 0 N–H and O–H groups in total. The molecule has 34 heavy (non-hydrogen) atoms. The van der Waals surface area contributed by atoms with Crippen LogP contribution in [0.5, 0.6) is 5.75 Å². The first-order valence-corrected chi connectivity index (χ1v) is 12.8. The number of benzene rings is 2. The molecule has 0 radical (unpaired) electrons. The number of methoxy groups -OCH3 is 1. The van der Waals surface area contributed by atoms with Crippen molar-refractivity contribution in [2.45, 2.75) is 22.5 Å². The summed E-state index contributed by atoms with van der Waals surface area (Å²) in [5.41, 5.74) is 0.378. The predicted octanol–water partition coefficient (Wildman–Crippen LogP) is 4.51. The van der Waals surface area contributed by atoms with Crippen LogP contribution in [0.25, 0.3) is 0 Å². The number of imide groups is 1. The summed E-state index contributed by atoms with van der Waals surface area (Å²) in [7, 11) is 1.48.